The number of alkyl carbamates (subject to hydrolysis) is 1. The number of ether oxygens (including phenoxy) is 1. The Labute approximate surface area is 192 Å². The van der Waals surface area contributed by atoms with Crippen LogP contribution in [0.1, 0.15) is 49.7 Å². The van der Waals surface area contributed by atoms with Gasteiger partial charge >= 0.3 is 12.1 Å². The van der Waals surface area contributed by atoms with Crippen molar-refractivity contribution in [1.82, 2.24) is 10.2 Å². The van der Waals surface area contributed by atoms with Crippen molar-refractivity contribution < 1.29 is 24.2 Å². The average Bonchev–Trinajstić information content (AvgIpc) is 3.52. The molecule has 2 N–H and O–H groups in total. The number of carbonyl (C=O) groups is 3. The van der Waals surface area contributed by atoms with E-state index in [4.69, 9.17) is 4.74 Å². The Hall–Kier alpha value is -3.35. The molecule has 2 atom stereocenters. The highest BCUT2D eigenvalue weighted by molar-refractivity contribution is 5.93. The van der Waals surface area contributed by atoms with Gasteiger partial charge < -0.3 is 20.1 Å². The summed E-state index contributed by atoms with van der Waals surface area (Å²) in [4.78, 5) is 38.9. The van der Waals surface area contributed by atoms with Gasteiger partial charge in [-0.3, -0.25) is 9.59 Å². The van der Waals surface area contributed by atoms with Gasteiger partial charge in [0.2, 0.25) is 5.91 Å². The number of benzene rings is 2. The van der Waals surface area contributed by atoms with Gasteiger partial charge in [0, 0.05) is 18.5 Å². The lowest BCUT2D eigenvalue weighted by molar-refractivity contribution is -0.148. The zero-order valence-corrected chi connectivity index (χ0v) is 18.6. The predicted molar refractivity (Wildman–Crippen MR) is 122 cm³/mol. The van der Waals surface area contributed by atoms with Crippen LogP contribution in [0.2, 0.25) is 0 Å². The SMILES string of the molecule is CC1CC(C(=O)O)CCN1C(=O)C1(NC(=O)OCC2c3ccccc3-c3ccccc32)CC1. The summed E-state index contributed by atoms with van der Waals surface area (Å²) in [6.07, 6.45) is 1.42. The van der Waals surface area contributed by atoms with Gasteiger partial charge in [0.05, 0.1) is 5.92 Å². The van der Waals surface area contributed by atoms with Crippen molar-refractivity contribution in [3.05, 3.63) is 59.7 Å². The van der Waals surface area contributed by atoms with E-state index >= 15 is 0 Å². The number of hydrogen-bond acceptors (Lipinski definition) is 4. The van der Waals surface area contributed by atoms with Crippen LogP contribution in [0, 0.1) is 5.92 Å². The van der Waals surface area contributed by atoms with Gasteiger partial charge in [-0.15, -0.1) is 0 Å². The third kappa shape index (κ3) is 3.86. The fraction of sp³-hybridized carbons (Fsp3) is 0.423. The molecular weight excluding hydrogens is 420 g/mol. The van der Waals surface area contributed by atoms with Crippen LogP contribution in [0.4, 0.5) is 4.79 Å². The number of aliphatic carboxylic acids is 1. The van der Waals surface area contributed by atoms with Crippen molar-refractivity contribution >= 4 is 18.0 Å². The van der Waals surface area contributed by atoms with E-state index in [0.717, 1.165) is 22.3 Å². The monoisotopic (exact) mass is 448 g/mol. The van der Waals surface area contributed by atoms with E-state index < -0.39 is 23.5 Å². The number of rotatable bonds is 5. The van der Waals surface area contributed by atoms with Crippen LogP contribution in [-0.2, 0) is 14.3 Å². The van der Waals surface area contributed by atoms with Gasteiger partial charge in [0.1, 0.15) is 12.1 Å². The smallest absolute Gasteiger partial charge is 0.408 e. The number of nitrogens with one attached hydrogen (secondary N) is 1. The molecule has 5 rings (SSSR count). The summed E-state index contributed by atoms with van der Waals surface area (Å²) in [5, 5.41) is 12.1. The normalized spacial score (nSPS) is 22.8. The number of carbonyl (C=O) groups excluding carboxylic acids is 2. The molecule has 2 aromatic carbocycles. The van der Waals surface area contributed by atoms with Crippen LogP contribution in [0.5, 0.6) is 0 Å². The zero-order valence-electron chi connectivity index (χ0n) is 18.6. The molecule has 1 saturated heterocycles. The maximum absolute atomic E-state index is 13.2. The van der Waals surface area contributed by atoms with E-state index in [1.54, 1.807) is 4.90 Å². The van der Waals surface area contributed by atoms with E-state index in [1.807, 2.05) is 31.2 Å². The third-order valence-electron chi connectivity index (χ3n) is 7.33. The molecule has 33 heavy (non-hydrogen) atoms. The van der Waals surface area contributed by atoms with Crippen molar-refractivity contribution in [2.45, 2.75) is 50.1 Å². The highest BCUT2D eigenvalue weighted by Gasteiger charge is 2.54. The molecule has 172 valence electrons. The van der Waals surface area contributed by atoms with Gasteiger partial charge in [-0.05, 0) is 54.9 Å². The summed E-state index contributed by atoms with van der Waals surface area (Å²) in [5.41, 5.74) is 3.68. The van der Waals surface area contributed by atoms with Crippen molar-refractivity contribution in [2.75, 3.05) is 13.2 Å². The minimum Gasteiger partial charge on any atom is -0.481 e. The van der Waals surface area contributed by atoms with Crippen LogP contribution in [0.15, 0.2) is 48.5 Å². The summed E-state index contributed by atoms with van der Waals surface area (Å²) in [6, 6.07) is 16.1. The van der Waals surface area contributed by atoms with Crippen LogP contribution in [0.3, 0.4) is 0 Å². The molecular formula is C26H28N2O5. The molecule has 0 aromatic heterocycles. The van der Waals surface area contributed by atoms with Crippen molar-refractivity contribution in [1.29, 1.82) is 0 Å². The van der Waals surface area contributed by atoms with E-state index in [2.05, 4.69) is 29.6 Å². The van der Waals surface area contributed by atoms with Gasteiger partial charge in [-0.2, -0.15) is 0 Å². The fourth-order valence-electron chi connectivity index (χ4n) is 5.32. The first kappa shape index (κ1) is 21.5. The third-order valence-corrected chi connectivity index (χ3v) is 7.33. The molecule has 0 spiro atoms. The minimum atomic E-state index is -0.924. The second-order valence-electron chi connectivity index (χ2n) is 9.44. The first-order valence-electron chi connectivity index (χ1n) is 11.6. The first-order chi connectivity index (χ1) is 15.9. The van der Waals surface area contributed by atoms with Gasteiger partial charge in [0.15, 0.2) is 0 Å². The number of amides is 2. The lowest BCUT2D eigenvalue weighted by Crippen LogP contribution is -2.55. The maximum atomic E-state index is 13.2. The molecule has 2 unspecified atom stereocenters. The summed E-state index contributed by atoms with van der Waals surface area (Å²) in [7, 11) is 0. The second-order valence-corrected chi connectivity index (χ2v) is 9.44. The summed E-state index contributed by atoms with van der Waals surface area (Å²) >= 11 is 0. The zero-order chi connectivity index (χ0) is 23.2. The van der Waals surface area contributed by atoms with Crippen LogP contribution < -0.4 is 5.32 Å². The number of piperidine rings is 1. The number of hydrogen-bond donors (Lipinski definition) is 2. The molecule has 2 fully saturated rings. The van der Waals surface area contributed by atoms with E-state index in [1.165, 1.54) is 0 Å². The Morgan fingerprint density at radius 1 is 1.06 bits per heavy atom. The van der Waals surface area contributed by atoms with Crippen molar-refractivity contribution in [3.63, 3.8) is 0 Å². The molecule has 0 bridgehead atoms. The number of carboxylic acids is 1. The lowest BCUT2D eigenvalue weighted by atomic mass is 9.91. The molecule has 7 heteroatoms. The predicted octanol–water partition coefficient (Wildman–Crippen LogP) is 3.77. The largest absolute Gasteiger partial charge is 0.481 e. The van der Waals surface area contributed by atoms with Crippen LogP contribution in [-0.4, -0.2) is 52.7 Å². The molecule has 7 nitrogen and oxygen atoms in total. The summed E-state index contributed by atoms with van der Waals surface area (Å²) < 4.78 is 5.63. The van der Waals surface area contributed by atoms with Gasteiger partial charge in [0.25, 0.3) is 0 Å². The summed E-state index contributed by atoms with van der Waals surface area (Å²) in [5.74, 6) is -1.41. The molecule has 1 saturated carbocycles. The molecule has 0 radical (unpaired) electrons. The quantitative estimate of drug-likeness (QED) is 0.726. The van der Waals surface area contributed by atoms with Crippen molar-refractivity contribution in [3.8, 4) is 11.1 Å². The average molecular weight is 449 g/mol. The lowest BCUT2D eigenvalue weighted by Gasteiger charge is -2.38. The van der Waals surface area contributed by atoms with Crippen LogP contribution in [0.25, 0.3) is 11.1 Å². The van der Waals surface area contributed by atoms with E-state index in [0.29, 0.717) is 32.2 Å². The number of fused-ring (bicyclic) bond motifs is 3. The molecule has 2 amide bonds. The van der Waals surface area contributed by atoms with Crippen LogP contribution >= 0.6 is 0 Å². The highest BCUT2D eigenvalue weighted by atomic mass is 16.5. The topological polar surface area (TPSA) is 95.9 Å². The molecule has 1 aliphatic heterocycles. The Balaban J connectivity index is 1.22. The minimum absolute atomic E-state index is 0.0379. The van der Waals surface area contributed by atoms with Gasteiger partial charge in [-0.25, -0.2) is 4.79 Å². The fourth-order valence-corrected chi connectivity index (χ4v) is 5.32. The summed E-state index contributed by atoms with van der Waals surface area (Å²) in [6.45, 7) is 2.46. The Morgan fingerprint density at radius 3 is 2.21 bits per heavy atom. The second kappa shape index (κ2) is 8.21. The number of likely N-dealkylation sites (tertiary alicyclic amines) is 1. The molecule has 2 aromatic rings. The van der Waals surface area contributed by atoms with E-state index in [9.17, 15) is 19.5 Å². The Morgan fingerprint density at radius 2 is 1.67 bits per heavy atom. The Bertz CT molecular complexity index is 1060. The Kier molecular flexibility index (Phi) is 5.35. The van der Waals surface area contributed by atoms with E-state index in [-0.39, 0.29) is 24.5 Å². The maximum Gasteiger partial charge on any atom is 0.408 e. The molecule has 2 aliphatic carbocycles. The first-order valence-corrected chi connectivity index (χ1v) is 11.6. The molecule has 3 aliphatic rings. The van der Waals surface area contributed by atoms with Gasteiger partial charge in [-0.1, -0.05) is 48.5 Å². The van der Waals surface area contributed by atoms with Crippen molar-refractivity contribution in [2.24, 2.45) is 5.92 Å². The molecule has 1 heterocycles. The number of nitrogens with zero attached hydrogens (tertiary/aromatic N) is 1. The number of carboxylic acid groups (broad SMARTS) is 1. The highest BCUT2D eigenvalue weighted by Crippen LogP contribution is 2.45. The standard InChI is InChI=1S/C26H28N2O5/c1-16-14-17(23(29)30)10-13-28(16)24(31)26(11-12-26)27-25(32)33-15-22-20-8-4-2-6-18(20)19-7-3-5-9-21(19)22/h2-9,16-17,22H,10-15H2,1H3,(H,27,32)(H,29,30).